The molecule has 0 aliphatic rings. The SMILES string of the molecule is O=C(O)c1cccc(C=Cc2cccc(C(=O)O)c2)c1.O=C(O)c1cccc(C=Cc2cccc(C(=O)O)c2)c1. The van der Waals surface area contributed by atoms with E-state index in [2.05, 4.69) is 0 Å². The van der Waals surface area contributed by atoms with Crippen LogP contribution >= 0.6 is 0 Å². The zero-order valence-electron chi connectivity index (χ0n) is 21.0. The van der Waals surface area contributed by atoms with E-state index in [1.54, 1.807) is 97.1 Å². The van der Waals surface area contributed by atoms with Crippen LogP contribution in [-0.4, -0.2) is 44.3 Å². The fourth-order valence-corrected chi connectivity index (χ4v) is 3.49. The first-order valence-electron chi connectivity index (χ1n) is 11.8. The van der Waals surface area contributed by atoms with E-state index >= 15 is 0 Å². The van der Waals surface area contributed by atoms with Crippen molar-refractivity contribution in [2.75, 3.05) is 0 Å². The van der Waals surface area contributed by atoms with Crippen molar-refractivity contribution in [1.82, 2.24) is 0 Å². The lowest BCUT2D eigenvalue weighted by Crippen LogP contribution is -1.96. The molecule has 0 aliphatic heterocycles. The Labute approximate surface area is 229 Å². The van der Waals surface area contributed by atoms with Gasteiger partial charge in [0.05, 0.1) is 22.3 Å². The molecule has 0 bridgehead atoms. The number of carboxylic acid groups (broad SMARTS) is 4. The second-order valence-corrected chi connectivity index (χ2v) is 8.39. The maximum atomic E-state index is 10.9. The van der Waals surface area contributed by atoms with E-state index in [1.807, 2.05) is 0 Å². The summed E-state index contributed by atoms with van der Waals surface area (Å²) < 4.78 is 0. The topological polar surface area (TPSA) is 149 Å². The van der Waals surface area contributed by atoms with Crippen LogP contribution in [-0.2, 0) is 0 Å². The molecule has 0 unspecified atom stereocenters. The van der Waals surface area contributed by atoms with E-state index in [1.165, 1.54) is 24.3 Å². The van der Waals surface area contributed by atoms with Crippen LogP contribution in [0, 0.1) is 0 Å². The number of hydrogen-bond donors (Lipinski definition) is 4. The van der Waals surface area contributed by atoms with Crippen molar-refractivity contribution in [2.45, 2.75) is 0 Å². The third kappa shape index (κ3) is 8.67. The summed E-state index contributed by atoms with van der Waals surface area (Å²) in [6.45, 7) is 0. The summed E-state index contributed by atoms with van der Waals surface area (Å²) in [4.78, 5) is 43.4. The van der Waals surface area contributed by atoms with E-state index in [9.17, 15) is 19.2 Å². The van der Waals surface area contributed by atoms with Gasteiger partial charge in [0.25, 0.3) is 0 Å². The third-order valence-corrected chi connectivity index (χ3v) is 5.47. The summed E-state index contributed by atoms with van der Waals surface area (Å²) in [6.07, 6.45) is 6.97. The molecule has 4 aromatic carbocycles. The molecule has 0 fully saturated rings. The third-order valence-electron chi connectivity index (χ3n) is 5.47. The highest BCUT2D eigenvalue weighted by atomic mass is 16.4. The minimum absolute atomic E-state index is 0.214. The molecule has 0 aromatic heterocycles. The quantitative estimate of drug-likeness (QED) is 0.186. The molecule has 4 N–H and O–H groups in total. The fourth-order valence-electron chi connectivity index (χ4n) is 3.49. The number of carbonyl (C=O) groups is 4. The first-order chi connectivity index (χ1) is 19.1. The molecule has 0 heterocycles. The van der Waals surface area contributed by atoms with Crippen molar-refractivity contribution in [3.8, 4) is 0 Å². The van der Waals surface area contributed by atoms with Gasteiger partial charge in [-0.1, -0.05) is 72.8 Å². The molecular formula is C32H24O8. The molecule has 200 valence electrons. The Hall–Kier alpha value is -5.76. The normalized spacial score (nSPS) is 10.6. The second kappa shape index (κ2) is 13.7. The summed E-state index contributed by atoms with van der Waals surface area (Å²) in [5.74, 6) is -3.91. The lowest BCUT2D eigenvalue weighted by atomic mass is 10.1. The molecule has 0 radical (unpaired) electrons. The van der Waals surface area contributed by atoms with Gasteiger partial charge < -0.3 is 20.4 Å². The standard InChI is InChI=1S/2C16H12O4/c2*17-15(18)13-5-1-3-11(9-13)7-8-12-4-2-6-14(10-12)16(19)20/h2*1-10H,(H,17,18)(H,19,20). The molecule has 0 atom stereocenters. The van der Waals surface area contributed by atoms with Gasteiger partial charge in [-0.25, -0.2) is 19.2 Å². The van der Waals surface area contributed by atoms with Crippen molar-refractivity contribution < 1.29 is 39.6 Å². The molecule has 0 spiro atoms. The van der Waals surface area contributed by atoms with E-state index in [-0.39, 0.29) is 22.3 Å². The Bertz CT molecular complexity index is 1370. The maximum absolute atomic E-state index is 10.9. The van der Waals surface area contributed by atoms with Crippen LogP contribution in [0.3, 0.4) is 0 Å². The highest BCUT2D eigenvalue weighted by molar-refractivity contribution is 5.91. The lowest BCUT2D eigenvalue weighted by Gasteiger charge is -1.98. The predicted molar refractivity (Wildman–Crippen MR) is 151 cm³/mol. The van der Waals surface area contributed by atoms with E-state index in [4.69, 9.17) is 20.4 Å². The van der Waals surface area contributed by atoms with Crippen LogP contribution in [0.5, 0.6) is 0 Å². The largest absolute Gasteiger partial charge is 0.478 e. The van der Waals surface area contributed by atoms with Gasteiger partial charge in [-0.3, -0.25) is 0 Å². The van der Waals surface area contributed by atoms with Crippen LogP contribution in [0.15, 0.2) is 97.1 Å². The summed E-state index contributed by atoms with van der Waals surface area (Å²) in [5, 5.41) is 35.6. The number of aromatic carboxylic acids is 4. The van der Waals surface area contributed by atoms with Gasteiger partial charge in [-0.2, -0.15) is 0 Å². The molecule has 0 saturated carbocycles. The predicted octanol–water partition coefficient (Wildman–Crippen LogP) is 6.51. The number of rotatable bonds is 8. The van der Waals surface area contributed by atoms with E-state index in [0.29, 0.717) is 0 Å². The zero-order chi connectivity index (χ0) is 29.1. The van der Waals surface area contributed by atoms with Crippen LogP contribution in [0.2, 0.25) is 0 Å². The van der Waals surface area contributed by atoms with Gasteiger partial charge in [0.15, 0.2) is 0 Å². The first kappa shape index (κ1) is 28.8. The Kier molecular flexibility index (Phi) is 9.86. The smallest absolute Gasteiger partial charge is 0.335 e. The number of carboxylic acids is 4. The van der Waals surface area contributed by atoms with Crippen molar-refractivity contribution in [2.24, 2.45) is 0 Å². The molecule has 0 saturated heterocycles. The van der Waals surface area contributed by atoms with Gasteiger partial charge >= 0.3 is 23.9 Å². The van der Waals surface area contributed by atoms with Gasteiger partial charge in [-0.15, -0.1) is 0 Å². The molecule has 0 amide bonds. The Morgan fingerprint density at radius 2 is 0.575 bits per heavy atom. The number of benzene rings is 4. The van der Waals surface area contributed by atoms with Crippen LogP contribution in [0.25, 0.3) is 24.3 Å². The van der Waals surface area contributed by atoms with Gasteiger partial charge in [0, 0.05) is 0 Å². The van der Waals surface area contributed by atoms with Crippen molar-refractivity contribution in [3.63, 3.8) is 0 Å². The van der Waals surface area contributed by atoms with Crippen molar-refractivity contribution >= 4 is 48.2 Å². The van der Waals surface area contributed by atoms with E-state index in [0.717, 1.165) is 22.3 Å². The summed E-state index contributed by atoms with van der Waals surface area (Å²) in [6, 6.07) is 26.1. The minimum Gasteiger partial charge on any atom is -0.478 e. The molecule has 8 heteroatoms. The summed E-state index contributed by atoms with van der Waals surface area (Å²) in [7, 11) is 0. The first-order valence-corrected chi connectivity index (χ1v) is 11.8. The Morgan fingerprint density at radius 3 is 0.750 bits per heavy atom. The molecule has 0 aliphatic carbocycles. The summed E-state index contributed by atoms with van der Waals surface area (Å²) >= 11 is 0. The van der Waals surface area contributed by atoms with Crippen molar-refractivity contribution in [1.29, 1.82) is 0 Å². The Balaban J connectivity index is 0.000000220. The summed E-state index contributed by atoms with van der Waals surface area (Å²) in [5.41, 5.74) is 3.82. The van der Waals surface area contributed by atoms with Gasteiger partial charge in [-0.05, 0) is 70.8 Å². The lowest BCUT2D eigenvalue weighted by molar-refractivity contribution is 0.0686. The monoisotopic (exact) mass is 536 g/mol. The molecule has 4 aromatic rings. The molecule has 40 heavy (non-hydrogen) atoms. The van der Waals surface area contributed by atoms with Gasteiger partial charge in [0.2, 0.25) is 0 Å². The Morgan fingerprint density at radius 1 is 0.375 bits per heavy atom. The average molecular weight is 537 g/mol. The molecule has 8 nitrogen and oxygen atoms in total. The molecular weight excluding hydrogens is 512 g/mol. The van der Waals surface area contributed by atoms with Crippen molar-refractivity contribution in [3.05, 3.63) is 142 Å². The minimum atomic E-state index is -0.979. The second-order valence-electron chi connectivity index (χ2n) is 8.39. The average Bonchev–Trinajstić information content (AvgIpc) is 2.96. The van der Waals surface area contributed by atoms with Gasteiger partial charge in [0.1, 0.15) is 0 Å². The number of hydrogen-bond acceptors (Lipinski definition) is 4. The van der Waals surface area contributed by atoms with Crippen LogP contribution in [0.1, 0.15) is 63.7 Å². The molecule has 4 rings (SSSR count). The zero-order valence-corrected chi connectivity index (χ0v) is 21.0. The van der Waals surface area contributed by atoms with E-state index < -0.39 is 23.9 Å². The highest BCUT2D eigenvalue weighted by Gasteiger charge is 2.04. The van der Waals surface area contributed by atoms with Crippen LogP contribution < -0.4 is 0 Å². The maximum Gasteiger partial charge on any atom is 0.335 e. The van der Waals surface area contributed by atoms with Crippen LogP contribution in [0.4, 0.5) is 0 Å². The highest BCUT2D eigenvalue weighted by Crippen LogP contribution is 2.14. The fraction of sp³-hybridized carbons (Fsp3) is 0.